The van der Waals surface area contributed by atoms with E-state index in [-0.39, 0.29) is 12.5 Å². The zero-order chi connectivity index (χ0) is 20.5. The van der Waals surface area contributed by atoms with Crippen molar-refractivity contribution in [2.45, 2.75) is 20.4 Å². The number of anilines is 1. The van der Waals surface area contributed by atoms with Gasteiger partial charge in [0.1, 0.15) is 5.69 Å². The molecule has 0 aliphatic carbocycles. The lowest BCUT2D eigenvalue weighted by Crippen LogP contribution is -2.36. The van der Waals surface area contributed by atoms with Gasteiger partial charge in [-0.2, -0.15) is 0 Å². The number of nitrogen functional groups attached to an aromatic ring is 1. The van der Waals surface area contributed by atoms with Gasteiger partial charge in [0.15, 0.2) is 0 Å². The Morgan fingerprint density at radius 2 is 1.93 bits per heavy atom. The van der Waals surface area contributed by atoms with E-state index in [0.29, 0.717) is 34.5 Å². The maximum absolute atomic E-state index is 12.9. The smallest absolute Gasteiger partial charge is 0.267 e. The van der Waals surface area contributed by atoms with Crippen molar-refractivity contribution < 1.29 is 9.90 Å². The number of aliphatic hydroxyl groups is 1. The van der Waals surface area contributed by atoms with E-state index < -0.39 is 5.41 Å². The fourth-order valence-corrected chi connectivity index (χ4v) is 3.32. The second kappa shape index (κ2) is 8.03. The lowest BCUT2D eigenvalue weighted by molar-refractivity contribution is 0.0903. The first kappa shape index (κ1) is 20.5. The molecule has 0 atom stereocenters. The average Bonchev–Trinajstić information content (AvgIpc) is 3.00. The van der Waals surface area contributed by atoms with E-state index >= 15 is 0 Å². The predicted molar refractivity (Wildman–Crippen MR) is 115 cm³/mol. The zero-order valence-corrected chi connectivity index (χ0v) is 17.3. The minimum Gasteiger partial charge on any atom is -0.399 e. The van der Waals surface area contributed by atoms with Gasteiger partial charge in [0.25, 0.3) is 5.91 Å². The molecule has 5 nitrogen and oxygen atoms in total. The molecular weight excluding hydrogens is 397 g/mol. The van der Waals surface area contributed by atoms with Crippen molar-refractivity contribution in [1.82, 2.24) is 9.88 Å². The zero-order valence-electron chi connectivity index (χ0n) is 15.8. The SMILES string of the molecule is CC(C)(CO)CNC(=O)c1cc2cc(N)ccc2n1Cc1cc(Cl)ccc1Cl. The Hall–Kier alpha value is -2.21. The van der Waals surface area contributed by atoms with Crippen molar-refractivity contribution in [1.29, 1.82) is 0 Å². The Morgan fingerprint density at radius 1 is 1.18 bits per heavy atom. The molecule has 0 radical (unpaired) electrons. The molecule has 7 heteroatoms. The minimum absolute atomic E-state index is 0.0229. The number of carbonyl (C=O) groups excluding carboxylic acids is 1. The highest BCUT2D eigenvalue weighted by Crippen LogP contribution is 2.27. The molecule has 4 N–H and O–H groups in total. The van der Waals surface area contributed by atoms with Crippen LogP contribution in [-0.4, -0.2) is 28.7 Å². The van der Waals surface area contributed by atoms with Crippen molar-refractivity contribution in [2.24, 2.45) is 5.41 Å². The molecule has 0 aliphatic rings. The van der Waals surface area contributed by atoms with Gasteiger partial charge in [0.05, 0.1) is 0 Å². The van der Waals surface area contributed by atoms with Crippen LogP contribution in [0.25, 0.3) is 10.9 Å². The van der Waals surface area contributed by atoms with E-state index in [1.807, 2.05) is 36.6 Å². The summed E-state index contributed by atoms with van der Waals surface area (Å²) in [6.07, 6.45) is 0. The number of aliphatic hydroxyl groups excluding tert-OH is 1. The summed E-state index contributed by atoms with van der Waals surface area (Å²) < 4.78 is 1.90. The number of amides is 1. The first-order chi connectivity index (χ1) is 13.2. The van der Waals surface area contributed by atoms with Gasteiger partial charge >= 0.3 is 0 Å². The highest BCUT2D eigenvalue weighted by Gasteiger charge is 2.21. The number of hydrogen-bond acceptors (Lipinski definition) is 3. The number of nitrogens with two attached hydrogens (primary N) is 1. The van der Waals surface area contributed by atoms with Crippen LogP contribution < -0.4 is 11.1 Å². The fraction of sp³-hybridized carbons (Fsp3) is 0.286. The predicted octanol–water partition coefficient (Wildman–Crippen LogP) is 4.33. The van der Waals surface area contributed by atoms with Crippen molar-refractivity contribution in [3.8, 4) is 0 Å². The third-order valence-corrected chi connectivity index (χ3v) is 5.25. The third kappa shape index (κ3) is 4.43. The summed E-state index contributed by atoms with van der Waals surface area (Å²) in [7, 11) is 0. The van der Waals surface area contributed by atoms with Crippen LogP contribution >= 0.6 is 23.2 Å². The van der Waals surface area contributed by atoms with E-state index in [1.54, 1.807) is 24.3 Å². The number of rotatable bonds is 6. The maximum Gasteiger partial charge on any atom is 0.267 e. The van der Waals surface area contributed by atoms with Gasteiger partial charge in [-0.25, -0.2) is 0 Å². The molecule has 0 saturated carbocycles. The van der Waals surface area contributed by atoms with E-state index in [9.17, 15) is 9.90 Å². The van der Waals surface area contributed by atoms with Gasteiger partial charge in [-0.3, -0.25) is 4.79 Å². The normalized spacial score (nSPS) is 11.8. The Bertz CT molecular complexity index is 1030. The summed E-state index contributed by atoms with van der Waals surface area (Å²) in [5.74, 6) is -0.227. The van der Waals surface area contributed by atoms with Crippen LogP contribution in [0.1, 0.15) is 29.9 Å². The number of hydrogen-bond donors (Lipinski definition) is 3. The molecule has 0 spiro atoms. The Balaban J connectivity index is 2.02. The number of nitrogens with one attached hydrogen (secondary N) is 1. The number of benzene rings is 2. The molecule has 1 aromatic heterocycles. The van der Waals surface area contributed by atoms with Gasteiger partial charge in [-0.1, -0.05) is 37.0 Å². The van der Waals surface area contributed by atoms with Crippen LogP contribution in [-0.2, 0) is 6.54 Å². The standard InChI is InChI=1S/C21H23Cl2N3O2/c1-21(2,12-27)11-25-20(28)19-9-13-8-16(24)4-6-18(13)26(19)10-14-7-15(22)3-5-17(14)23/h3-9,27H,10-12,24H2,1-2H3,(H,25,28). The molecule has 0 fully saturated rings. The van der Waals surface area contributed by atoms with Gasteiger partial charge in [0.2, 0.25) is 0 Å². The number of aromatic nitrogens is 1. The first-order valence-corrected chi connectivity index (χ1v) is 9.67. The quantitative estimate of drug-likeness (QED) is 0.520. The molecule has 2 aromatic carbocycles. The fourth-order valence-electron chi connectivity index (χ4n) is 2.95. The van der Waals surface area contributed by atoms with Crippen LogP contribution in [0.4, 0.5) is 5.69 Å². The highest BCUT2D eigenvalue weighted by molar-refractivity contribution is 6.33. The first-order valence-electron chi connectivity index (χ1n) is 8.92. The molecule has 0 saturated heterocycles. The molecule has 0 unspecified atom stereocenters. The van der Waals surface area contributed by atoms with Crippen molar-refractivity contribution in [3.63, 3.8) is 0 Å². The molecule has 3 aromatic rings. The number of halogens is 2. The Labute approximate surface area is 174 Å². The van der Waals surface area contributed by atoms with Crippen LogP contribution in [0.15, 0.2) is 42.5 Å². The molecule has 148 valence electrons. The van der Waals surface area contributed by atoms with Crippen molar-refractivity contribution in [3.05, 3.63) is 63.8 Å². The maximum atomic E-state index is 12.9. The molecular formula is C21H23Cl2N3O2. The van der Waals surface area contributed by atoms with E-state index in [2.05, 4.69) is 5.32 Å². The van der Waals surface area contributed by atoms with Crippen LogP contribution in [0.5, 0.6) is 0 Å². The lowest BCUT2D eigenvalue weighted by atomic mass is 9.95. The summed E-state index contributed by atoms with van der Waals surface area (Å²) in [6.45, 7) is 4.48. The van der Waals surface area contributed by atoms with Crippen molar-refractivity contribution >= 4 is 45.7 Å². The van der Waals surface area contributed by atoms with E-state index in [1.165, 1.54) is 0 Å². The molecule has 0 bridgehead atoms. The van der Waals surface area contributed by atoms with Gasteiger partial charge < -0.3 is 20.7 Å². The molecule has 3 rings (SSSR count). The highest BCUT2D eigenvalue weighted by atomic mass is 35.5. The summed E-state index contributed by atoms with van der Waals surface area (Å²) >= 11 is 12.5. The van der Waals surface area contributed by atoms with Crippen LogP contribution in [0, 0.1) is 5.41 Å². The second-order valence-electron chi connectivity index (χ2n) is 7.67. The second-order valence-corrected chi connectivity index (χ2v) is 8.52. The summed E-state index contributed by atoms with van der Waals surface area (Å²) in [4.78, 5) is 12.9. The topological polar surface area (TPSA) is 80.3 Å². The molecule has 28 heavy (non-hydrogen) atoms. The number of fused-ring (bicyclic) bond motifs is 1. The minimum atomic E-state index is -0.410. The van der Waals surface area contributed by atoms with Crippen molar-refractivity contribution in [2.75, 3.05) is 18.9 Å². The summed E-state index contributed by atoms with van der Waals surface area (Å²) in [5, 5.41) is 14.4. The largest absolute Gasteiger partial charge is 0.399 e. The Kier molecular flexibility index (Phi) is 5.89. The third-order valence-electron chi connectivity index (χ3n) is 4.65. The van der Waals surface area contributed by atoms with Gasteiger partial charge in [-0.15, -0.1) is 0 Å². The van der Waals surface area contributed by atoms with Crippen LogP contribution in [0.2, 0.25) is 10.0 Å². The van der Waals surface area contributed by atoms with Crippen LogP contribution in [0.3, 0.4) is 0 Å². The summed E-state index contributed by atoms with van der Waals surface area (Å²) in [6, 6.07) is 12.6. The van der Waals surface area contributed by atoms with Gasteiger partial charge in [-0.05, 0) is 48.0 Å². The average molecular weight is 420 g/mol. The van der Waals surface area contributed by atoms with Gasteiger partial charge in [0, 0.05) is 51.7 Å². The molecule has 0 aliphatic heterocycles. The lowest BCUT2D eigenvalue weighted by Gasteiger charge is -2.22. The number of carbonyl (C=O) groups is 1. The van der Waals surface area contributed by atoms with E-state index in [0.717, 1.165) is 16.5 Å². The monoisotopic (exact) mass is 419 g/mol. The summed E-state index contributed by atoms with van der Waals surface area (Å²) in [5.41, 5.74) is 8.30. The molecule has 1 amide bonds. The number of nitrogens with zero attached hydrogens (tertiary/aromatic N) is 1. The van der Waals surface area contributed by atoms with E-state index in [4.69, 9.17) is 28.9 Å². The Morgan fingerprint density at radius 3 is 2.64 bits per heavy atom. The molecule has 1 heterocycles.